The average molecular weight is 338 g/mol. The van der Waals surface area contributed by atoms with Gasteiger partial charge in [0.2, 0.25) is 0 Å². The molecule has 4 rings (SSSR count). The van der Waals surface area contributed by atoms with Crippen LogP contribution in [0.3, 0.4) is 0 Å². The third kappa shape index (κ3) is 2.38. The van der Waals surface area contributed by atoms with E-state index in [1.165, 1.54) is 12.1 Å². The number of ether oxygens (including phenoxy) is 1. The van der Waals surface area contributed by atoms with Crippen molar-refractivity contribution in [1.29, 1.82) is 0 Å². The van der Waals surface area contributed by atoms with E-state index in [1.54, 1.807) is 6.92 Å². The summed E-state index contributed by atoms with van der Waals surface area (Å²) in [5.74, 6) is 1.12. The van der Waals surface area contributed by atoms with Crippen LogP contribution in [-0.2, 0) is 6.42 Å². The van der Waals surface area contributed by atoms with Crippen LogP contribution in [0.1, 0.15) is 37.2 Å². The number of hydrogen-bond acceptors (Lipinski definition) is 5. The van der Waals surface area contributed by atoms with Gasteiger partial charge in [-0.1, -0.05) is 13.3 Å². The Morgan fingerprint density at radius 2 is 1.84 bits per heavy atom. The number of benzene rings is 1. The smallest absolute Gasteiger partial charge is 0.336 e. The Morgan fingerprint density at radius 3 is 2.60 bits per heavy atom. The molecule has 0 N–H and O–H groups in total. The highest BCUT2D eigenvalue weighted by Crippen LogP contribution is 2.41. The summed E-state index contributed by atoms with van der Waals surface area (Å²) in [4.78, 5) is 24.7. The van der Waals surface area contributed by atoms with E-state index in [0.29, 0.717) is 40.9 Å². The molecule has 128 valence electrons. The minimum atomic E-state index is -0.472. The predicted octanol–water partition coefficient (Wildman–Crippen LogP) is 3.96. The molecule has 0 saturated carbocycles. The highest BCUT2D eigenvalue weighted by Gasteiger charge is 2.25. The summed E-state index contributed by atoms with van der Waals surface area (Å²) in [6, 6.07) is 2.91. The van der Waals surface area contributed by atoms with Crippen LogP contribution in [0.25, 0.3) is 28.0 Å². The van der Waals surface area contributed by atoms with Crippen LogP contribution in [0.15, 0.2) is 36.1 Å². The molecule has 0 spiro atoms. The Morgan fingerprint density at radius 1 is 1.04 bits per heavy atom. The summed E-state index contributed by atoms with van der Waals surface area (Å²) in [6.07, 6.45) is 3.54. The second kappa shape index (κ2) is 5.62. The van der Waals surface area contributed by atoms with Crippen LogP contribution < -0.4 is 15.8 Å². The first-order valence-electron chi connectivity index (χ1n) is 8.36. The van der Waals surface area contributed by atoms with Crippen LogP contribution in [0.4, 0.5) is 0 Å². The molecule has 2 aromatic heterocycles. The quantitative estimate of drug-likeness (QED) is 0.522. The molecular formula is C20H18O5. The molecule has 0 unspecified atom stereocenters. The molecule has 0 aliphatic carbocycles. The van der Waals surface area contributed by atoms with Crippen molar-refractivity contribution >= 4 is 28.0 Å². The zero-order valence-corrected chi connectivity index (χ0v) is 14.4. The second-order valence-corrected chi connectivity index (χ2v) is 6.49. The van der Waals surface area contributed by atoms with E-state index in [9.17, 15) is 9.59 Å². The first-order valence-corrected chi connectivity index (χ1v) is 8.36. The van der Waals surface area contributed by atoms with Gasteiger partial charge in [0.05, 0.1) is 10.9 Å². The highest BCUT2D eigenvalue weighted by molar-refractivity contribution is 6.10. The molecule has 3 aromatic rings. The molecule has 3 heterocycles. The van der Waals surface area contributed by atoms with Gasteiger partial charge < -0.3 is 13.6 Å². The summed E-state index contributed by atoms with van der Waals surface area (Å²) in [6.45, 7) is 6.18. The molecule has 0 fully saturated rings. The van der Waals surface area contributed by atoms with Gasteiger partial charge in [-0.15, -0.1) is 0 Å². The van der Waals surface area contributed by atoms with Crippen molar-refractivity contribution < 1.29 is 13.6 Å². The van der Waals surface area contributed by atoms with Crippen molar-refractivity contribution in [3.63, 3.8) is 0 Å². The number of fused-ring (bicyclic) bond motifs is 6. The minimum Gasteiger partial charge on any atom is -0.488 e. The predicted molar refractivity (Wildman–Crippen MR) is 96.4 cm³/mol. The summed E-state index contributed by atoms with van der Waals surface area (Å²) < 4.78 is 17.3. The highest BCUT2D eigenvalue weighted by atomic mass is 16.5. The summed E-state index contributed by atoms with van der Waals surface area (Å²) in [5, 5.41) is 0.993. The maximum Gasteiger partial charge on any atom is 0.336 e. The van der Waals surface area contributed by atoms with Gasteiger partial charge in [-0.25, -0.2) is 4.79 Å². The minimum absolute atomic E-state index is 0.222. The van der Waals surface area contributed by atoms with E-state index in [4.69, 9.17) is 13.6 Å². The lowest BCUT2D eigenvalue weighted by molar-refractivity contribution is 0.350. The first-order chi connectivity index (χ1) is 12.0. The second-order valence-electron chi connectivity index (χ2n) is 6.49. The number of aryl methyl sites for hydroxylation is 2. The fraction of sp³-hybridized carbons (Fsp3) is 0.300. The third-order valence-electron chi connectivity index (χ3n) is 4.41. The summed E-state index contributed by atoms with van der Waals surface area (Å²) in [7, 11) is 0. The number of hydrogen-bond donors (Lipinski definition) is 0. The van der Waals surface area contributed by atoms with Gasteiger partial charge in [0.1, 0.15) is 23.5 Å². The molecule has 1 aliphatic heterocycles. The Labute approximate surface area is 143 Å². The standard InChI is InChI=1S/C20H18O5/c1-4-5-12-8-15(22)25-20-16(12)18-13(6-10(2)9-23-18)19-17(20)14(21)7-11(3)24-19/h6-8H,4-5,9H2,1-3H3. The van der Waals surface area contributed by atoms with E-state index in [0.717, 1.165) is 23.1 Å². The lowest BCUT2D eigenvalue weighted by atomic mass is 9.96. The molecule has 0 atom stereocenters. The Balaban J connectivity index is 2.34. The van der Waals surface area contributed by atoms with Crippen LogP contribution in [0.2, 0.25) is 0 Å². The third-order valence-corrected chi connectivity index (χ3v) is 4.41. The molecule has 0 saturated heterocycles. The van der Waals surface area contributed by atoms with Crippen LogP contribution in [0, 0.1) is 6.92 Å². The fourth-order valence-electron chi connectivity index (χ4n) is 3.44. The van der Waals surface area contributed by atoms with Crippen molar-refractivity contribution in [2.24, 2.45) is 0 Å². The normalized spacial score (nSPS) is 13.6. The molecule has 0 amide bonds. The van der Waals surface area contributed by atoms with Gasteiger partial charge >= 0.3 is 5.63 Å². The van der Waals surface area contributed by atoms with Gasteiger partial charge in [0.25, 0.3) is 0 Å². The molecule has 5 nitrogen and oxygen atoms in total. The van der Waals surface area contributed by atoms with Crippen molar-refractivity contribution in [2.45, 2.75) is 33.6 Å². The summed E-state index contributed by atoms with van der Waals surface area (Å²) in [5.41, 5.74) is 2.57. The van der Waals surface area contributed by atoms with Gasteiger partial charge in [0, 0.05) is 12.1 Å². The Kier molecular flexibility index (Phi) is 3.53. The Bertz CT molecular complexity index is 1160. The van der Waals surface area contributed by atoms with Gasteiger partial charge in [0.15, 0.2) is 16.6 Å². The SMILES string of the molecule is CCCc1cc(=O)oc2c1c1c(c3oc(C)cc(=O)c32)C=C(C)CO1. The van der Waals surface area contributed by atoms with Crippen LogP contribution in [-0.4, -0.2) is 6.61 Å². The van der Waals surface area contributed by atoms with Crippen LogP contribution in [0.5, 0.6) is 5.75 Å². The average Bonchev–Trinajstić information content (AvgIpc) is 2.54. The monoisotopic (exact) mass is 338 g/mol. The van der Waals surface area contributed by atoms with E-state index in [1.807, 2.05) is 19.9 Å². The van der Waals surface area contributed by atoms with E-state index in [-0.39, 0.29) is 11.0 Å². The van der Waals surface area contributed by atoms with Crippen LogP contribution >= 0.6 is 0 Å². The Hall–Kier alpha value is -2.82. The topological polar surface area (TPSA) is 69.7 Å². The molecule has 1 aromatic carbocycles. The maximum absolute atomic E-state index is 12.7. The van der Waals surface area contributed by atoms with Crippen molar-refractivity contribution in [3.8, 4) is 5.75 Å². The molecule has 5 heteroatoms. The molecular weight excluding hydrogens is 320 g/mol. The van der Waals surface area contributed by atoms with Crippen molar-refractivity contribution in [1.82, 2.24) is 0 Å². The molecule has 0 bridgehead atoms. The molecule has 25 heavy (non-hydrogen) atoms. The van der Waals surface area contributed by atoms with E-state index < -0.39 is 5.63 Å². The zero-order chi connectivity index (χ0) is 17.7. The lowest BCUT2D eigenvalue weighted by Crippen LogP contribution is -2.12. The summed E-state index contributed by atoms with van der Waals surface area (Å²) >= 11 is 0. The number of rotatable bonds is 2. The lowest BCUT2D eigenvalue weighted by Gasteiger charge is -2.20. The largest absolute Gasteiger partial charge is 0.488 e. The fourth-order valence-corrected chi connectivity index (χ4v) is 3.44. The van der Waals surface area contributed by atoms with E-state index in [2.05, 4.69) is 0 Å². The van der Waals surface area contributed by atoms with Gasteiger partial charge in [-0.2, -0.15) is 0 Å². The van der Waals surface area contributed by atoms with Crippen molar-refractivity contribution in [2.75, 3.05) is 6.61 Å². The van der Waals surface area contributed by atoms with Gasteiger partial charge in [-0.3, -0.25) is 4.79 Å². The first kappa shape index (κ1) is 15.7. The van der Waals surface area contributed by atoms with E-state index >= 15 is 0 Å². The van der Waals surface area contributed by atoms with Gasteiger partial charge in [-0.05, 0) is 37.5 Å². The molecule has 0 radical (unpaired) electrons. The van der Waals surface area contributed by atoms with Crippen molar-refractivity contribution in [3.05, 3.63) is 55.2 Å². The molecule has 1 aliphatic rings. The zero-order valence-electron chi connectivity index (χ0n) is 14.4. The maximum atomic E-state index is 12.7.